The van der Waals surface area contributed by atoms with E-state index in [1.807, 2.05) is 0 Å². The third-order valence-electron chi connectivity index (χ3n) is 3.13. The zero-order valence-electron chi connectivity index (χ0n) is 10.8. The predicted octanol–water partition coefficient (Wildman–Crippen LogP) is 2.97. The van der Waals surface area contributed by atoms with Gasteiger partial charge in [-0.25, -0.2) is 0 Å². The van der Waals surface area contributed by atoms with E-state index in [2.05, 4.69) is 33.0 Å². The van der Waals surface area contributed by atoms with E-state index in [4.69, 9.17) is 4.74 Å². The Morgan fingerprint density at radius 2 is 2.07 bits per heavy atom. The second-order valence-electron chi connectivity index (χ2n) is 5.69. The lowest BCUT2D eigenvalue weighted by Crippen LogP contribution is -2.33. The molecule has 0 aromatic rings. The van der Waals surface area contributed by atoms with Gasteiger partial charge in [-0.15, -0.1) is 0 Å². The molecule has 1 aliphatic heterocycles. The topological polar surface area (TPSA) is 21.3 Å². The summed E-state index contributed by atoms with van der Waals surface area (Å²) < 4.78 is 5.88. The predicted molar refractivity (Wildman–Crippen MR) is 65.1 cm³/mol. The monoisotopic (exact) mass is 213 g/mol. The molecule has 0 aromatic carbocycles. The molecule has 2 nitrogen and oxygen atoms in total. The third-order valence-corrected chi connectivity index (χ3v) is 3.13. The van der Waals surface area contributed by atoms with Crippen molar-refractivity contribution in [2.45, 2.75) is 65.6 Å². The summed E-state index contributed by atoms with van der Waals surface area (Å²) in [5, 5.41) is 3.50. The highest BCUT2D eigenvalue weighted by molar-refractivity contribution is 4.80. The van der Waals surface area contributed by atoms with Gasteiger partial charge in [0.05, 0.1) is 12.2 Å². The van der Waals surface area contributed by atoms with E-state index in [9.17, 15) is 0 Å². The van der Waals surface area contributed by atoms with Gasteiger partial charge in [0, 0.05) is 6.54 Å². The van der Waals surface area contributed by atoms with Crippen LogP contribution in [0.5, 0.6) is 0 Å². The van der Waals surface area contributed by atoms with Crippen molar-refractivity contribution in [2.75, 3.05) is 13.1 Å². The molecule has 2 atom stereocenters. The van der Waals surface area contributed by atoms with E-state index in [0.29, 0.717) is 17.6 Å². The molecule has 1 rings (SSSR count). The fourth-order valence-electron chi connectivity index (χ4n) is 2.33. The third kappa shape index (κ3) is 4.98. The Hall–Kier alpha value is -0.0800. The summed E-state index contributed by atoms with van der Waals surface area (Å²) in [6.45, 7) is 11.3. The van der Waals surface area contributed by atoms with Gasteiger partial charge in [-0.1, -0.05) is 20.8 Å². The number of ether oxygens (including phenoxy) is 1. The minimum atomic E-state index is 0.365. The van der Waals surface area contributed by atoms with Crippen LogP contribution in [0, 0.1) is 5.41 Å². The maximum Gasteiger partial charge on any atom is 0.0585 e. The smallest absolute Gasteiger partial charge is 0.0585 e. The first kappa shape index (κ1) is 13.0. The van der Waals surface area contributed by atoms with Crippen LogP contribution in [0.1, 0.15) is 53.4 Å². The van der Waals surface area contributed by atoms with Gasteiger partial charge in [0.2, 0.25) is 0 Å². The molecule has 0 aliphatic carbocycles. The van der Waals surface area contributed by atoms with Crippen LogP contribution in [0.25, 0.3) is 0 Å². The lowest BCUT2D eigenvalue weighted by Gasteiger charge is -2.28. The second-order valence-corrected chi connectivity index (χ2v) is 5.69. The van der Waals surface area contributed by atoms with Crippen LogP contribution in [0.3, 0.4) is 0 Å². The Bertz CT molecular complexity index is 179. The lowest BCUT2D eigenvalue weighted by atomic mass is 9.86. The zero-order chi connectivity index (χ0) is 11.3. The van der Waals surface area contributed by atoms with Gasteiger partial charge < -0.3 is 10.1 Å². The lowest BCUT2D eigenvalue weighted by molar-refractivity contribution is 0.0286. The van der Waals surface area contributed by atoms with Crippen molar-refractivity contribution >= 4 is 0 Å². The molecule has 0 aromatic heterocycles. The quantitative estimate of drug-likeness (QED) is 0.685. The van der Waals surface area contributed by atoms with Crippen molar-refractivity contribution in [2.24, 2.45) is 5.41 Å². The normalized spacial score (nSPS) is 27.2. The van der Waals surface area contributed by atoms with Crippen molar-refractivity contribution in [3.63, 3.8) is 0 Å². The van der Waals surface area contributed by atoms with Crippen molar-refractivity contribution in [1.82, 2.24) is 5.32 Å². The first-order valence-electron chi connectivity index (χ1n) is 6.39. The molecule has 2 unspecified atom stereocenters. The Labute approximate surface area is 94.8 Å². The standard InChI is InChI=1S/C13H27NO/c1-5-8-14-10-13(3,4)9-12-7-6-11(2)15-12/h11-12,14H,5-10H2,1-4H3. The SMILES string of the molecule is CCCNCC(C)(C)CC1CCC(C)O1. The van der Waals surface area contributed by atoms with Crippen LogP contribution < -0.4 is 5.32 Å². The van der Waals surface area contributed by atoms with E-state index < -0.39 is 0 Å². The Kier molecular flexibility index (Phi) is 5.07. The fraction of sp³-hybridized carbons (Fsp3) is 1.00. The van der Waals surface area contributed by atoms with Gasteiger partial charge in [0.1, 0.15) is 0 Å². The second kappa shape index (κ2) is 5.86. The van der Waals surface area contributed by atoms with E-state index in [1.54, 1.807) is 0 Å². The van der Waals surface area contributed by atoms with E-state index in [1.165, 1.54) is 25.7 Å². The van der Waals surface area contributed by atoms with Crippen LogP contribution in [0.4, 0.5) is 0 Å². The van der Waals surface area contributed by atoms with Crippen molar-refractivity contribution in [1.29, 1.82) is 0 Å². The average Bonchev–Trinajstić information content (AvgIpc) is 2.50. The molecule has 0 radical (unpaired) electrons. The molecule has 2 heteroatoms. The molecule has 90 valence electrons. The van der Waals surface area contributed by atoms with Gasteiger partial charge in [0.25, 0.3) is 0 Å². The van der Waals surface area contributed by atoms with Crippen molar-refractivity contribution < 1.29 is 4.74 Å². The summed E-state index contributed by atoms with van der Waals surface area (Å²) in [4.78, 5) is 0. The fourth-order valence-corrected chi connectivity index (χ4v) is 2.33. The summed E-state index contributed by atoms with van der Waals surface area (Å²) in [7, 11) is 0. The Morgan fingerprint density at radius 1 is 1.33 bits per heavy atom. The van der Waals surface area contributed by atoms with Crippen molar-refractivity contribution in [3.05, 3.63) is 0 Å². The zero-order valence-corrected chi connectivity index (χ0v) is 10.8. The largest absolute Gasteiger partial charge is 0.375 e. The molecule has 15 heavy (non-hydrogen) atoms. The molecule has 1 heterocycles. The number of rotatable bonds is 6. The molecular formula is C13H27NO. The molecule has 1 fully saturated rings. The van der Waals surface area contributed by atoms with Crippen LogP contribution >= 0.6 is 0 Å². The first-order valence-corrected chi connectivity index (χ1v) is 6.39. The maximum absolute atomic E-state index is 5.88. The van der Waals surface area contributed by atoms with E-state index >= 15 is 0 Å². The summed E-state index contributed by atoms with van der Waals surface area (Å²) in [5.41, 5.74) is 0.365. The van der Waals surface area contributed by atoms with Gasteiger partial charge in [0.15, 0.2) is 0 Å². The van der Waals surface area contributed by atoms with Crippen LogP contribution in [0.2, 0.25) is 0 Å². The van der Waals surface area contributed by atoms with Crippen LogP contribution in [0.15, 0.2) is 0 Å². The molecular weight excluding hydrogens is 186 g/mol. The number of hydrogen-bond donors (Lipinski definition) is 1. The minimum absolute atomic E-state index is 0.365. The highest BCUT2D eigenvalue weighted by Crippen LogP contribution is 2.30. The van der Waals surface area contributed by atoms with E-state index in [0.717, 1.165) is 13.1 Å². The number of hydrogen-bond acceptors (Lipinski definition) is 2. The summed E-state index contributed by atoms with van der Waals surface area (Å²) in [5.74, 6) is 0. The highest BCUT2D eigenvalue weighted by atomic mass is 16.5. The molecule has 0 bridgehead atoms. The van der Waals surface area contributed by atoms with Crippen LogP contribution in [-0.4, -0.2) is 25.3 Å². The van der Waals surface area contributed by atoms with Crippen molar-refractivity contribution in [3.8, 4) is 0 Å². The van der Waals surface area contributed by atoms with Crippen LogP contribution in [-0.2, 0) is 4.74 Å². The maximum atomic E-state index is 5.88. The highest BCUT2D eigenvalue weighted by Gasteiger charge is 2.28. The summed E-state index contributed by atoms with van der Waals surface area (Å²) >= 11 is 0. The van der Waals surface area contributed by atoms with Gasteiger partial charge in [-0.3, -0.25) is 0 Å². The first-order chi connectivity index (χ1) is 7.03. The molecule has 1 aliphatic rings. The molecule has 0 saturated carbocycles. The summed E-state index contributed by atoms with van der Waals surface area (Å²) in [6, 6.07) is 0. The minimum Gasteiger partial charge on any atom is -0.375 e. The van der Waals surface area contributed by atoms with Gasteiger partial charge >= 0.3 is 0 Å². The summed E-state index contributed by atoms with van der Waals surface area (Å²) in [6.07, 6.45) is 5.87. The molecule has 1 N–H and O–H groups in total. The molecule has 0 spiro atoms. The Morgan fingerprint density at radius 3 is 2.60 bits per heavy atom. The Balaban J connectivity index is 2.22. The van der Waals surface area contributed by atoms with Gasteiger partial charge in [-0.05, 0) is 44.6 Å². The molecule has 0 amide bonds. The van der Waals surface area contributed by atoms with E-state index in [-0.39, 0.29) is 0 Å². The van der Waals surface area contributed by atoms with Gasteiger partial charge in [-0.2, -0.15) is 0 Å². The average molecular weight is 213 g/mol. The number of nitrogens with one attached hydrogen (secondary N) is 1. The molecule has 1 saturated heterocycles.